The molecule has 1 aromatic carbocycles. The molecule has 2 aliphatic heterocycles. The van der Waals surface area contributed by atoms with Gasteiger partial charge in [0.25, 0.3) is 22.0 Å². The van der Waals surface area contributed by atoms with Crippen LogP contribution in [0.1, 0.15) is 45.5 Å². The molecule has 11 heteroatoms. The van der Waals surface area contributed by atoms with E-state index in [2.05, 4.69) is 14.8 Å². The van der Waals surface area contributed by atoms with Crippen LogP contribution in [0.3, 0.4) is 0 Å². The topological polar surface area (TPSA) is 142 Å². The molecule has 4 amide bonds. The van der Waals surface area contributed by atoms with E-state index in [1.807, 2.05) is 0 Å². The summed E-state index contributed by atoms with van der Waals surface area (Å²) in [5.74, 6) is -2.19. The van der Waals surface area contributed by atoms with Crippen molar-refractivity contribution < 1.29 is 27.6 Å². The number of carbonyl (C=O) groups is 4. The van der Waals surface area contributed by atoms with Crippen LogP contribution in [0, 0.1) is 0 Å². The van der Waals surface area contributed by atoms with E-state index in [0.29, 0.717) is 12.8 Å². The third-order valence-electron chi connectivity index (χ3n) is 4.71. The maximum absolute atomic E-state index is 12.7. The summed E-state index contributed by atoms with van der Waals surface area (Å²) in [6, 6.07) is 3.83. The highest BCUT2D eigenvalue weighted by molar-refractivity contribution is 7.87. The standard InChI is InChI=1S/C17H20N4O6S/c1-18-28(26,27)19-8-2-3-10-4-5-11-12(9-10)17(25)21(16(11)24)13-6-7-14(22)20-15(13)23/h4-5,9,13,18-19H,2-3,6-8H2,1H3,(H,20,22,23). The van der Waals surface area contributed by atoms with Gasteiger partial charge < -0.3 is 0 Å². The first kappa shape index (κ1) is 20.1. The largest absolute Gasteiger partial charge is 0.295 e. The molecular weight excluding hydrogens is 388 g/mol. The molecular formula is C17H20N4O6S. The lowest BCUT2D eigenvalue weighted by Gasteiger charge is -2.27. The first-order chi connectivity index (χ1) is 13.2. The summed E-state index contributed by atoms with van der Waals surface area (Å²) >= 11 is 0. The lowest BCUT2D eigenvalue weighted by Crippen LogP contribution is -2.54. The second kappa shape index (κ2) is 7.78. The summed E-state index contributed by atoms with van der Waals surface area (Å²) < 4.78 is 27.1. The fraction of sp³-hybridized carbons (Fsp3) is 0.412. The molecule has 1 aromatic rings. The van der Waals surface area contributed by atoms with E-state index >= 15 is 0 Å². The van der Waals surface area contributed by atoms with Crippen LogP contribution in [0.4, 0.5) is 0 Å². The number of hydrogen-bond acceptors (Lipinski definition) is 6. The minimum absolute atomic E-state index is 0.0671. The second-order valence-corrected chi connectivity index (χ2v) is 8.24. The van der Waals surface area contributed by atoms with Gasteiger partial charge in [0.05, 0.1) is 11.1 Å². The molecule has 2 heterocycles. The summed E-state index contributed by atoms with van der Waals surface area (Å²) in [6.07, 6.45) is 1.17. The molecule has 0 bridgehead atoms. The van der Waals surface area contributed by atoms with Crippen molar-refractivity contribution in [2.24, 2.45) is 0 Å². The van der Waals surface area contributed by atoms with Crippen molar-refractivity contribution in [1.29, 1.82) is 0 Å². The van der Waals surface area contributed by atoms with E-state index < -0.39 is 39.9 Å². The highest BCUT2D eigenvalue weighted by Crippen LogP contribution is 2.28. The molecule has 0 aromatic heterocycles. The number of fused-ring (bicyclic) bond motifs is 1. The molecule has 1 unspecified atom stereocenters. The molecule has 2 aliphatic rings. The van der Waals surface area contributed by atoms with Crippen molar-refractivity contribution in [3.63, 3.8) is 0 Å². The summed E-state index contributed by atoms with van der Waals surface area (Å²) in [4.78, 5) is 49.6. The SMILES string of the molecule is CNS(=O)(=O)NCCCc1ccc2c(c1)C(=O)N(C1CCC(=O)NC1=O)C2=O. The zero-order chi connectivity index (χ0) is 20.5. The zero-order valence-electron chi connectivity index (χ0n) is 15.1. The molecule has 0 aliphatic carbocycles. The highest BCUT2D eigenvalue weighted by atomic mass is 32.2. The van der Waals surface area contributed by atoms with Crippen LogP contribution in [0.25, 0.3) is 0 Å². The average molecular weight is 408 g/mol. The predicted octanol–water partition coefficient (Wildman–Crippen LogP) is -0.926. The first-order valence-electron chi connectivity index (χ1n) is 8.76. The zero-order valence-corrected chi connectivity index (χ0v) is 16.0. The van der Waals surface area contributed by atoms with Gasteiger partial charge >= 0.3 is 0 Å². The van der Waals surface area contributed by atoms with E-state index in [1.54, 1.807) is 12.1 Å². The van der Waals surface area contributed by atoms with Gasteiger partial charge in [0.2, 0.25) is 11.8 Å². The van der Waals surface area contributed by atoms with Gasteiger partial charge in [0.1, 0.15) is 6.04 Å². The number of carbonyl (C=O) groups excluding carboxylic acids is 4. The van der Waals surface area contributed by atoms with Crippen molar-refractivity contribution in [3.05, 3.63) is 34.9 Å². The smallest absolute Gasteiger partial charge is 0.276 e. The Kier molecular flexibility index (Phi) is 5.59. The number of amides is 4. The number of nitrogens with zero attached hydrogens (tertiary/aromatic N) is 1. The van der Waals surface area contributed by atoms with Crippen molar-refractivity contribution in [2.45, 2.75) is 31.7 Å². The third-order valence-corrected chi connectivity index (χ3v) is 5.83. The number of imide groups is 2. The Morgan fingerprint density at radius 3 is 2.54 bits per heavy atom. The van der Waals surface area contributed by atoms with Gasteiger partial charge in [-0.05, 0) is 37.0 Å². The molecule has 0 saturated carbocycles. The number of nitrogens with one attached hydrogen (secondary N) is 3. The predicted molar refractivity (Wildman–Crippen MR) is 97.4 cm³/mol. The summed E-state index contributed by atoms with van der Waals surface area (Å²) in [6.45, 7) is 0.218. The van der Waals surface area contributed by atoms with Crippen LogP contribution in [0.5, 0.6) is 0 Å². The Morgan fingerprint density at radius 1 is 1.14 bits per heavy atom. The van der Waals surface area contributed by atoms with Gasteiger partial charge in [-0.25, -0.2) is 9.44 Å². The molecule has 150 valence electrons. The van der Waals surface area contributed by atoms with E-state index in [-0.39, 0.29) is 30.5 Å². The van der Waals surface area contributed by atoms with Crippen LogP contribution in [-0.4, -0.2) is 56.6 Å². The van der Waals surface area contributed by atoms with Crippen molar-refractivity contribution >= 4 is 33.8 Å². The van der Waals surface area contributed by atoms with Gasteiger partial charge in [-0.1, -0.05) is 6.07 Å². The van der Waals surface area contributed by atoms with Crippen LogP contribution < -0.4 is 14.8 Å². The third kappa shape index (κ3) is 3.96. The van der Waals surface area contributed by atoms with Crippen molar-refractivity contribution in [2.75, 3.05) is 13.6 Å². The van der Waals surface area contributed by atoms with E-state index in [4.69, 9.17) is 0 Å². The Balaban J connectivity index is 1.70. The lowest BCUT2D eigenvalue weighted by molar-refractivity contribution is -0.136. The monoisotopic (exact) mass is 408 g/mol. The van der Waals surface area contributed by atoms with Crippen molar-refractivity contribution in [3.8, 4) is 0 Å². The number of piperidine rings is 1. The molecule has 28 heavy (non-hydrogen) atoms. The second-order valence-electron chi connectivity index (χ2n) is 6.53. The van der Waals surface area contributed by atoms with E-state index in [0.717, 1.165) is 10.5 Å². The normalized spacial score (nSPS) is 19.8. The summed E-state index contributed by atoms with van der Waals surface area (Å²) in [5, 5.41) is 2.15. The number of rotatable bonds is 7. The summed E-state index contributed by atoms with van der Waals surface area (Å²) in [7, 11) is -2.19. The fourth-order valence-corrected chi connectivity index (χ4v) is 3.80. The Hall–Kier alpha value is -2.63. The number of benzene rings is 1. The lowest BCUT2D eigenvalue weighted by atomic mass is 10.0. The number of aryl methyl sites for hydroxylation is 1. The van der Waals surface area contributed by atoms with Crippen LogP contribution in [0.2, 0.25) is 0 Å². The first-order valence-corrected chi connectivity index (χ1v) is 10.2. The molecule has 1 atom stereocenters. The molecule has 1 saturated heterocycles. The van der Waals surface area contributed by atoms with Crippen LogP contribution in [0.15, 0.2) is 18.2 Å². The molecule has 10 nitrogen and oxygen atoms in total. The van der Waals surface area contributed by atoms with Gasteiger partial charge in [0.15, 0.2) is 0 Å². The molecule has 0 radical (unpaired) electrons. The van der Waals surface area contributed by atoms with E-state index in [9.17, 15) is 27.6 Å². The molecule has 3 rings (SSSR count). The average Bonchev–Trinajstić information content (AvgIpc) is 2.90. The van der Waals surface area contributed by atoms with Crippen LogP contribution in [-0.2, 0) is 26.2 Å². The highest BCUT2D eigenvalue weighted by Gasteiger charge is 2.44. The molecule has 1 fully saturated rings. The van der Waals surface area contributed by atoms with Gasteiger partial charge in [-0.3, -0.25) is 29.4 Å². The fourth-order valence-electron chi connectivity index (χ4n) is 3.24. The minimum Gasteiger partial charge on any atom is -0.295 e. The molecule has 0 spiro atoms. The summed E-state index contributed by atoms with van der Waals surface area (Å²) in [5.41, 5.74) is 1.20. The maximum Gasteiger partial charge on any atom is 0.276 e. The van der Waals surface area contributed by atoms with Crippen LogP contribution >= 0.6 is 0 Å². The van der Waals surface area contributed by atoms with Gasteiger partial charge in [-0.15, -0.1) is 0 Å². The maximum atomic E-state index is 12.7. The van der Waals surface area contributed by atoms with Crippen molar-refractivity contribution in [1.82, 2.24) is 19.7 Å². The minimum atomic E-state index is -3.50. The van der Waals surface area contributed by atoms with Gasteiger partial charge in [0, 0.05) is 20.0 Å². The van der Waals surface area contributed by atoms with Gasteiger partial charge in [-0.2, -0.15) is 8.42 Å². The Morgan fingerprint density at radius 2 is 1.86 bits per heavy atom. The number of hydrogen-bond donors (Lipinski definition) is 3. The molecule has 3 N–H and O–H groups in total. The quantitative estimate of drug-likeness (QED) is 0.393. The Labute approximate surface area is 161 Å². The Bertz CT molecular complexity index is 958. The van der Waals surface area contributed by atoms with E-state index in [1.165, 1.54) is 13.1 Å².